The normalized spacial score (nSPS) is 11.2. The SMILES string of the molecule is Cc1cc(C(=O)CSc2nc(N)nc(N)n2)c(C)n1-c1c(C)n(C)n(-c2ccccc2)c1=O. The van der Waals surface area contributed by atoms with Gasteiger partial charge in [-0.3, -0.25) is 14.3 Å². The number of hydrogen-bond donors (Lipinski definition) is 2. The number of ketones is 1. The van der Waals surface area contributed by atoms with Crippen molar-refractivity contribution < 1.29 is 4.79 Å². The van der Waals surface area contributed by atoms with E-state index in [0.29, 0.717) is 16.9 Å². The van der Waals surface area contributed by atoms with E-state index in [9.17, 15) is 9.59 Å². The number of anilines is 2. The highest BCUT2D eigenvalue weighted by atomic mass is 32.2. The Labute approximate surface area is 194 Å². The molecule has 0 saturated carbocycles. The number of aryl methyl sites for hydroxylation is 1. The molecular weight excluding hydrogens is 440 g/mol. The lowest BCUT2D eigenvalue weighted by molar-refractivity contribution is 0.102. The number of nitrogen functional groups attached to an aromatic ring is 2. The molecule has 170 valence electrons. The van der Waals surface area contributed by atoms with Crippen molar-refractivity contribution in [1.82, 2.24) is 28.9 Å². The Morgan fingerprint density at radius 3 is 2.27 bits per heavy atom. The van der Waals surface area contributed by atoms with E-state index >= 15 is 0 Å². The zero-order valence-electron chi connectivity index (χ0n) is 18.7. The molecule has 0 radical (unpaired) electrons. The largest absolute Gasteiger partial charge is 0.368 e. The van der Waals surface area contributed by atoms with E-state index in [0.717, 1.165) is 28.8 Å². The highest BCUT2D eigenvalue weighted by molar-refractivity contribution is 7.99. The monoisotopic (exact) mass is 464 g/mol. The maximum atomic E-state index is 13.5. The van der Waals surface area contributed by atoms with Crippen LogP contribution in [0.1, 0.15) is 27.4 Å². The van der Waals surface area contributed by atoms with E-state index in [1.165, 1.54) is 0 Å². The van der Waals surface area contributed by atoms with Gasteiger partial charge in [-0.2, -0.15) is 15.0 Å². The molecule has 0 saturated heterocycles. The number of nitrogens with two attached hydrogens (primary N) is 2. The van der Waals surface area contributed by atoms with Gasteiger partial charge in [0, 0.05) is 24.0 Å². The molecule has 0 aliphatic rings. The Morgan fingerprint density at radius 2 is 1.64 bits per heavy atom. The second-order valence-electron chi connectivity index (χ2n) is 7.58. The molecule has 0 amide bonds. The predicted octanol–water partition coefficient (Wildman–Crippen LogP) is 2.22. The van der Waals surface area contributed by atoms with E-state index in [2.05, 4.69) is 15.0 Å². The molecule has 1 aromatic carbocycles. The minimum atomic E-state index is -0.160. The highest BCUT2D eigenvalue weighted by Crippen LogP contribution is 2.24. The fourth-order valence-corrected chi connectivity index (χ4v) is 4.59. The van der Waals surface area contributed by atoms with Crippen molar-refractivity contribution in [3.63, 3.8) is 0 Å². The number of rotatable bonds is 6. The molecule has 0 aliphatic carbocycles. The molecule has 0 fully saturated rings. The van der Waals surface area contributed by atoms with Gasteiger partial charge in [-0.05, 0) is 39.0 Å². The second kappa shape index (κ2) is 8.58. The van der Waals surface area contributed by atoms with E-state index < -0.39 is 0 Å². The van der Waals surface area contributed by atoms with Gasteiger partial charge in [-0.15, -0.1) is 0 Å². The predicted molar refractivity (Wildman–Crippen MR) is 128 cm³/mol. The van der Waals surface area contributed by atoms with Crippen molar-refractivity contribution >= 4 is 29.4 Å². The quantitative estimate of drug-likeness (QED) is 0.327. The third-order valence-corrected chi connectivity index (χ3v) is 6.31. The van der Waals surface area contributed by atoms with Crippen LogP contribution in [0.15, 0.2) is 46.3 Å². The molecule has 3 heterocycles. The van der Waals surface area contributed by atoms with E-state index in [4.69, 9.17) is 11.5 Å². The zero-order valence-corrected chi connectivity index (χ0v) is 19.6. The average Bonchev–Trinajstić information content (AvgIpc) is 3.17. The lowest BCUT2D eigenvalue weighted by Gasteiger charge is -2.08. The van der Waals surface area contributed by atoms with E-state index in [1.54, 1.807) is 10.7 Å². The van der Waals surface area contributed by atoms with Crippen molar-refractivity contribution in [1.29, 1.82) is 0 Å². The first-order valence-corrected chi connectivity index (χ1v) is 11.1. The topological polar surface area (TPSA) is 140 Å². The third kappa shape index (κ3) is 4.02. The fraction of sp³-hybridized carbons (Fsp3) is 0.227. The van der Waals surface area contributed by atoms with Gasteiger partial charge in [0.25, 0.3) is 5.56 Å². The van der Waals surface area contributed by atoms with Crippen molar-refractivity contribution in [3.8, 4) is 11.4 Å². The fourth-order valence-electron chi connectivity index (χ4n) is 3.86. The van der Waals surface area contributed by atoms with Gasteiger partial charge in [0.15, 0.2) is 10.9 Å². The summed E-state index contributed by atoms with van der Waals surface area (Å²) in [6, 6.07) is 11.2. The van der Waals surface area contributed by atoms with Crippen LogP contribution in [-0.2, 0) is 7.05 Å². The number of nitrogens with zero attached hydrogens (tertiary/aromatic N) is 6. The summed E-state index contributed by atoms with van der Waals surface area (Å²) in [5.74, 6) is -0.0153. The first kappa shape index (κ1) is 22.3. The maximum absolute atomic E-state index is 13.5. The summed E-state index contributed by atoms with van der Waals surface area (Å²) in [4.78, 5) is 38.2. The van der Waals surface area contributed by atoms with Crippen molar-refractivity contribution in [3.05, 3.63) is 69.4 Å². The Bertz CT molecular complexity index is 1400. The van der Waals surface area contributed by atoms with Gasteiger partial charge in [0.05, 0.1) is 17.1 Å². The smallest absolute Gasteiger partial charge is 0.295 e. The van der Waals surface area contributed by atoms with Crippen LogP contribution in [-0.4, -0.2) is 40.4 Å². The number of para-hydroxylation sites is 1. The van der Waals surface area contributed by atoms with Crippen LogP contribution >= 0.6 is 11.8 Å². The Balaban J connectivity index is 1.70. The number of benzene rings is 1. The van der Waals surface area contributed by atoms with Crippen LogP contribution in [0.25, 0.3) is 11.4 Å². The van der Waals surface area contributed by atoms with Crippen LogP contribution in [0, 0.1) is 20.8 Å². The third-order valence-electron chi connectivity index (χ3n) is 5.46. The molecule has 33 heavy (non-hydrogen) atoms. The van der Waals surface area contributed by atoms with Gasteiger partial charge in [-0.1, -0.05) is 30.0 Å². The van der Waals surface area contributed by atoms with Gasteiger partial charge < -0.3 is 16.0 Å². The van der Waals surface area contributed by atoms with Crippen LogP contribution in [0.5, 0.6) is 0 Å². The van der Waals surface area contributed by atoms with Crippen molar-refractivity contribution in [2.75, 3.05) is 17.2 Å². The molecule has 4 rings (SSSR count). The summed E-state index contributed by atoms with van der Waals surface area (Å²) in [6.07, 6.45) is 0. The molecule has 3 aromatic heterocycles. The first-order valence-electron chi connectivity index (χ1n) is 10.2. The molecule has 11 heteroatoms. The first-order chi connectivity index (χ1) is 15.7. The van der Waals surface area contributed by atoms with Crippen molar-refractivity contribution in [2.24, 2.45) is 7.05 Å². The second-order valence-corrected chi connectivity index (χ2v) is 8.52. The highest BCUT2D eigenvalue weighted by Gasteiger charge is 2.23. The molecular formula is C22H24N8O2S. The molecule has 0 aliphatic heterocycles. The number of thioether (sulfide) groups is 1. The molecule has 0 unspecified atom stereocenters. The zero-order chi connectivity index (χ0) is 23.9. The lowest BCUT2D eigenvalue weighted by Crippen LogP contribution is -2.22. The van der Waals surface area contributed by atoms with Gasteiger partial charge in [-0.25, -0.2) is 4.68 Å². The van der Waals surface area contributed by atoms with Crippen molar-refractivity contribution in [2.45, 2.75) is 25.9 Å². The molecule has 10 nitrogen and oxygen atoms in total. The summed E-state index contributed by atoms with van der Waals surface area (Å²) >= 11 is 1.13. The average molecular weight is 465 g/mol. The van der Waals surface area contributed by atoms with E-state index in [-0.39, 0.29) is 34.1 Å². The summed E-state index contributed by atoms with van der Waals surface area (Å²) in [6.45, 7) is 5.60. The van der Waals surface area contributed by atoms with Crippen LogP contribution in [0.4, 0.5) is 11.9 Å². The number of hydrogen-bond acceptors (Lipinski definition) is 8. The molecule has 0 atom stereocenters. The maximum Gasteiger partial charge on any atom is 0.295 e. The Hall–Kier alpha value is -3.86. The number of carbonyl (C=O) groups is 1. The molecule has 4 N–H and O–H groups in total. The molecule has 0 bridgehead atoms. The number of Topliss-reactive ketones (excluding diaryl/α,β-unsaturated/α-hetero) is 1. The van der Waals surface area contributed by atoms with Gasteiger partial charge in [0.1, 0.15) is 5.69 Å². The standard InChI is InChI=1S/C22H24N8O2S/c1-12-10-16(17(31)11-33-22-26-20(23)25-21(24)27-22)13(2)29(12)18-14(3)28(4)30(19(18)32)15-8-6-5-7-9-15/h5-10H,11H2,1-4H3,(H4,23,24,25,26,27). The lowest BCUT2D eigenvalue weighted by atomic mass is 10.2. The molecule has 4 aromatic rings. The minimum Gasteiger partial charge on any atom is -0.368 e. The molecule has 0 spiro atoms. The summed E-state index contributed by atoms with van der Waals surface area (Å²) in [7, 11) is 1.84. The van der Waals surface area contributed by atoms with E-state index in [1.807, 2.05) is 67.4 Å². The van der Waals surface area contributed by atoms with Gasteiger partial charge >= 0.3 is 0 Å². The van der Waals surface area contributed by atoms with Crippen LogP contribution < -0.4 is 17.0 Å². The number of aromatic nitrogens is 6. The van der Waals surface area contributed by atoms with Crippen LogP contribution in [0.2, 0.25) is 0 Å². The summed E-state index contributed by atoms with van der Waals surface area (Å²) < 4.78 is 5.28. The van der Waals surface area contributed by atoms with Gasteiger partial charge in [0.2, 0.25) is 11.9 Å². The van der Waals surface area contributed by atoms with Crippen LogP contribution in [0.3, 0.4) is 0 Å². The Morgan fingerprint density at radius 1 is 1.00 bits per heavy atom. The summed E-state index contributed by atoms with van der Waals surface area (Å²) in [5, 5.41) is 0.284. The number of carbonyl (C=O) groups excluding carboxylic acids is 1. The summed E-state index contributed by atoms with van der Waals surface area (Å²) in [5.41, 5.74) is 15.1. The Kier molecular flexibility index (Phi) is 5.81. The minimum absolute atomic E-state index is 0.00451.